The standard InChI is InChI=1S/C16H15Cl2N3O3/c17-11-4-5-13(12(18)7-11)21-9-10(8-19-21)15(22)20-6-2-1-3-14(20)16(23)24/h4-5,7-9,14H,1-3,6H2,(H,23,24)/t14-/m1/s1. The first kappa shape index (κ1) is 16.8. The van der Waals surface area contributed by atoms with E-state index < -0.39 is 12.0 Å². The third kappa shape index (κ3) is 3.25. The molecule has 1 aliphatic rings. The molecule has 8 heteroatoms. The second-order valence-corrected chi connectivity index (χ2v) is 6.46. The number of nitrogens with zero attached hydrogens (tertiary/aromatic N) is 3. The van der Waals surface area contributed by atoms with Gasteiger partial charge in [0.1, 0.15) is 6.04 Å². The van der Waals surface area contributed by atoms with E-state index in [4.69, 9.17) is 23.2 Å². The highest BCUT2D eigenvalue weighted by molar-refractivity contribution is 6.35. The second kappa shape index (κ2) is 6.83. The van der Waals surface area contributed by atoms with E-state index in [0.717, 1.165) is 12.8 Å². The van der Waals surface area contributed by atoms with Crippen LogP contribution in [0.25, 0.3) is 5.69 Å². The molecule has 1 aromatic carbocycles. The summed E-state index contributed by atoms with van der Waals surface area (Å²) < 4.78 is 1.48. The number of carbonyl (C=O) groups excluding carboxylic acids is 1. The minimum Gasteiger partial charge on any atom is -0.480 e. The molecule has 1 amide bonds. The Morgan fingerprint density at radius 2 is 2.04 bits per heavy atom. The molecule has 24 heavy (non-hydrogen) atoms. The Morgan fingerprint density at radius 1 is 1.25 bits per heavy atom. The lowest BCUT2D eigenvalue weighted by Crippen LogP contribution is -2.47. The fourth-order valence-electron chi connectivity index (χ4n) is 2.83. The lowest BCUT2D eigenvalue weighted by Gasteiger charge is -2.32. The number of rotatable bonds is 3. The number of carboxylic acids is 1. The molecule has 1 atom stereocenters. The lowest BCUT2D eigenvalue weighted by atomic mass is 10.0. The highest BCUT2D eigenvalue weighted by atomic mass is 35.5. The zero-order valence-electron chi connectivity index (χ0n) is 12.7. The molecule has 0 saturated carbocycles. The summed E-state index contributed by atoms with van der Waals surface area (Å²) in [5, 5.41) is 14.4. The zero-order chi connectivity index (χ0) is 17.3. The van der Waals surface area contributed by atoms with Crippen LogP contribution in [-0.4, -0.2) is 44.3 Å². The van der Waals surface area contributed by atoms with E-state index in [1.54, 1.807) is 24.4 Å². The van der Waals surface area contributed by atoms with Gasteiger partial charge in [-0.05, 0) is 37.5 Å². The number of carboxylic acid groups (broad SMARTS) is 1. The van der Waals surface area contributed by atoms with Crippen LogP contribution in [0.1, 0.15) is 29.6 Å². The van der Waals surface area contributed by atoms with Gasteiger partial charge in [0.2, 0.25) is 0 Å². The van der Waals surface area contributed by atoms with Crippen molar-refractivity contribution in [3.05, 3.63) is 46.2 Å². The predicted octanol–water partition coefficient (Wildman–Crippen LogP) is 3.26. The number of aliphatic carboxylic acids is 1. The largest absolute Gasteiger partial charge is 0.480 e. The molecule has 0 radical (unpaired) electrons. The van der Waals surface area contributed by atoms with Crippen LogP contribution >= 0.6 is 23.2 Å². The molecule has 1 fully saturated rings. The molecule has 0 aliphatic carbocycles. The van der Waals surface area contributed by atoms with Gasteiger partial charge in [0, 0.05) is 17.8 Å². The van der Waals surface area contributed by atoms with Crippen LogP contribution in [0.2, 0.25) is 10.0 Å². The maximum atomic E-state index is 12.7. The molecule has 0 bridgehead atoms. The zero-order valence-corrected chi connectivity index (χ0v) is 14.2. The van der Waals surface area contributed by atoms with Gasteiger partial charge < -0.3 is 10.0 Å². The summed E-state index contributed by atoms with van der Waals surface area (Å²) in [5.74, 6) is -1.31. The van der Waals surface area contributed by atoms with Crippen molar-refractivity contribution in [3.63, 3.8) is 0 Å². The Hall–Kier alpha value is -2.05. The number of aromatic nitrogens is 2. The molecule has 126 valence electrons. The molecule has 2 aromatic rings. The normalized spacial score (nSPS) is 17.8. The summed E-state index contributed by atoms with van der Waals surface area (Å²) in [6.45, 7) is 0.433. The third-order valence-corrected chi connectivity index (χ3v) is 4.57. The molecule has 1 saturated heterocycles. The van der Waals surface area contributed by atoms with Gasteiger partial charge in [-0.2, -0.15) is 5.10 Å². The summed E-state index contributed by atoms with van der Waals surface area (Å²) in [6.07, 6.45) is 5.04. The fraction of sp³-hybridized carbons (Fsp3) is 0.312. The summed E-state index contributed by atoms with van der Waals surface area (Å²) in [4.78, 5) is 25.4. The van der Waals surface area contributed by atoms with E-state index in [1.807, 2.05) is 0 Å². The lowest BCUT2D eigenvalue weighted by molar-refractivity contribution is -0.143. The molecule has 2 heterocycles. The molecule has 1 aromatic heterocycles. The first-order valence-corrected chi connectivity index (χ1v) is 8.27. The number of benzene rings is 1. The number of carbonyl (C=O) groups is 2. The van der Waals surface area contributed by atoms with Crippen LogP contribution in [0, 0.1) is 0 Å². The highest BCUT2D eigenvalue weighted by Gasteiger charge is 2.33. The van der Waals surface area contributed by atoms with Crippen molar-refractivity contribution >= 4 is 35.1 Å². The molecular formula is C16H15Cl2N3O3. The van der Waals surface area contributed by atoms with Gasteiger partial charge >= 0.3 is 5.97 Å². The number of hydrogen-bond donors (Lipinski definition) is 1. The van der Waals surface area contributed by atoms with Crippen LogP contribution in [0.5, 0.6) is 0 Å². The Balaban J connectivity index is 1.87. The number of halogens is 2. The SMILES string of the molecule is O=C(O)[C@H]1CCCCN1C(=O)c1cnn(-c2ccc(Cl)cc2Cl)c1. The topological polar surface area (TPSA) is 75.4 Å². The van der Waals surface area contributed by atoms with Crippen LogP contribution in [0.4, 0.5) is 0 Å². The Morgan fingerprint density at radius 3 is 2.75 bits per heavy atom. The number of piperidine rings is 1. The van der Waals surface area contributed by atoms with Gasteiger partial charge in [-0.15, -0.1) is 0 Å². The monoisotopic (exact) mass is 367 g/mol. The average Bonchev–Trinajstić information content (AvgIpc) is 3.03. The fourth-order valence-corrected chi connectivity index (χ4v) is 3.32. The van der Waals surface area contributed by atoms with Crippen LogP contribution in [-0.2, 0) is 4.79 Å². The van der Waals surface area contributed by atoms with Crippen molar-refractivity contribution in [2.24, 2.45) is 0 Å². The molecule has 6 nitrogen and oxygen atoms in total. The second-order valence-electron chi connectivity index (χ2n) is 5.62. The molecule has 0 unspecified atom stereocenters. The van der Waals surface area contributed by atoms with Crippen molar-refractivity contribution < 1.29 is 14.7 Å². The molecule has 1 aliphatic heterocycles. The number of likely N-dealkylation sites (tertiary alicyclic amines) is 1. The van der Waals surface area contributed by atoms with Crippen molar-refractivity contribution in [3.8, 4) is 5.69 Å². The first-order chi connectivity index (χ1) is 11.5. The smallest absolute Gasteiger partial charge is 0.326 e. The van der Waals surface area contributed by atoms with Crippen molar-refractivity contribution in [1.29, 1.82) is 0 Å². The third-order valence-electron chi connectivity index (χ3n) is 4.03. The van der Waals surface area contributed by atoms with E-state index in [-0.39, 0.29) is 5.91 Å². The van der Waals surface area contributed by atoms with Gasteiger partial charge in [0.05, 0.1) is 22.5 Å². The molecular weight excluding hydrogens is 353 g/mol. The molecule has 3 rings (SSSR count). The van der Waals surface area contributed by atoms with Crippen molar-refractivity contribution in [2.75, 3.05) is 6.54 Å². The van der Waals surface area contributed by atoms with Gasteiger partial charge in [0.15, 0.2) is 0 Å². The summed E-state index contributed by atoms with van der Waals surface area (Å²) in [7, 11) is 0. The summed E-state index contributed by atoms with van der Waals surface area (Å²) in [6, 6.07) is 4.19. The molecule has 1 N–H and O–H groups in total. The van der Waals surface area contributed by atoms with Gasteiger partial charge in [-0.25, -0.2) is 9.48 Å². The summed E-state index contributed by atoms with van der Waals surface area (Å²) >= 11 is 12.0. The van der Waals surface area contributed by atoms with Gasteiger partial charge in [-0.3, -0.25) is 4.79 Å². The van der Waals surface area contributed by atoms with Crippen molar-refractivity contribution in [2.45, 2.75) is 25.3 Å². The summed E-state index contributed by atoms with van der Waals surface area (Å²) in [5.41, 5.74) is 0.919. The van der Waals surface area contributed by atoms with Crippen molar-refractivity contribution in [1.82, 2.24) is 14.7 Å². The number of hydrogen-bond acceptors (Lipinski definition) is 3. The van der Waals surface area contributed by atoms with E-state index in [0.29, 0.717) is 34.3 Å². The van der Waals surface area contributed by atoms with E-state index in [2.05, 4.69) is 5.10 Å². The average molecular weight is 368 g/mol. The maximum absolute atomic E-state index is 12.7. The van der Waals surface area contributed by atoms with Gasteiger partial charge in [-0.1, -0.05) is 23.2 Å². The Kier molecular flexibility index (Phi) is 4.78. The van der Waals surface area contributed by atoms with Crippen LogP contribution in [0.15, 0.2) is 30.6 Å². The Bertz CT molecular complexity index is 791. The van der Waals surface area contributed by atoms with E-state index in [9.17, 15) is 14.7 Å². The quantitative estimate of drug-likeness (QED) is 0.903. The number of amides is 1. The van der Waals surface area contributed by atoms with Crippen LogP contribution in [0.3, 0.4) is 0 Å². The maximum Gasteiger partial charge on any atom is 0.326 e. The first-order valence-electron chi connectivity index (χ1n) is 7.51. The predicted molar refractivity (Wildman–Crippen MR) is 89.9 cm³/mol. The Labute approximate surface area is 148 Å². The van der Waals surface area contributed by atoms with Gasteiger partial charge in [0.25, 0.3) is 5.91 Å². The molecule has 0 spiro atoms. The van der Waals surface area contributed by atoms with Crippen LogP contribution < -0.4 is 0 Å². The van der Waals surface area contributed by atoms with E-state index >= 15 is 0 Å². The minimum absolute atomic E-state index is 0.328. The van der Waals surface area contributed by atoms with E-state index in [1.165, 1.54) is 15.8 Å². The minimum atomic E-state index is -0.976. The highest BCUT2D eigenvalue weighted by Crippen LogP contribution is 2.25.